The molecule has 1 aromatic heterocycles. The van der Waals surface area contributed by atoms with Crippen LogP contribution in [0.25, 0.3) is 0 Å². The van der Waals surface area contributed by atoms with Crippen molar-refractivity contribution >= 4 is 21.7 Å². The quantitative estimate of drug-likeness (QED) is 0.480. The van der Waals surface area contributed by atoms with Gasteiger partial charge in [0.1, 0.15) is 11.8 Å². The molecule has 0 spiro atoms. The van der Waals surface area contributed by atoms with E-state index in [0.717, 1.165) is 6.07 Å². The zero-order valence-electron chi connectivity index (χ0n) is 6.78. The van der Waals surface area contributed by atoms with Crippen LogP contribution in [0.5, 0.6) is 0 Å². The van der Waals surface area contributed by atoms with Crippen molar-refractivity contribution in [2.75, 3.05) is 0 Å². The number of aromatic nitrogens is 1. The second-order valence-electron chi connectivity index (χ2n) is 2.45. The molecular weight excluding hydrogens is 262 g/mol. The van der Waals surface area contributed by atoms with Gasteiger partial charge in [-0.3, -0.25) is 0 Å². The van der Waals surface area contributed by atoms with Gasteiger partial charge >= 0.3 is 5.82 Å². The van der Waals surface area contributed by atoms with Crippen LogP contribution in [0.15, 0.2) is 12.3 Å². The van der Waals surface area contributed by atoms with Crippen LogP contribution in [0.3, 0.4) is 0 Å². The van der Waals surface area contributed by atoms with Crippen molar-refractivity contribution in [3.63, 3.8) is 0 Å². The average Bonchev–Trinajstić information content (AvgIpc) is 2.16. The molecule has 0 unspecified atom stereocenters. The van der Waals surface area contributed by atoms with Crippen LogP contribution in [0, 0.1) is 10.1 Å². The molecule has 1 rings (SSSR count). The van der Waals surface area contributed by atoms with Gasteiger partial charge in [-0.25, -0.2) is 8.78 Å². The first-order valence-corrected chi connectivity index (χ1v) is 4.65. The topological polar surface area (TPSA) is 56.0 Å². The lowest BCUT2D eigenvalue weighted by Gasteiger charge is -2.01. The van der Waals surface area contributed by atoms with Crippen molar-refractivity contribution in [2.45, 2.75) is 11.8 Å². The summed E-state index contributed by atoms with van der Waals surface area (Å²) in [6.07, 6.45) is -1.69. The Morgan fingerprint density at radius 1 is 1.64 bits per heavy atom. The van der Waals surface area contributed by atoms with Gasteiger partial charge in [-0.2, -0.15) is 0 Å². The molecule has 0 aliphatic rings. The SMILES string of the molecule is O=[N+]([O-])c1ncc(CBr)cc1C(F)F. The molecule has 1 heterocycles. The molecule has 0 amide bonds. The van der Waals surface area contributed by atoms with E-state index in [4.69, 9.17) is 0 Å². The monoisotopic (exact) mass is 266 g/mol. The summed E-state index contributed by atoms with van der Waals surface area (Å²) in [4.78, 5) is 12.8. The van der Waals surface area contributed by atoms with Crippen molar-refractivity contribution in [1.82, 2.24) is 4.98 Å². The highest BCUT2D eigenvalue weighted by Gasteiger charge is 2.23. The minimum atomic E-state index is -2.89. The molecule has 0 aliphatic heterocycles. The maximum absolute atomic E-state index is 12.3. The lowest BCUT2D eigenvalue weighted by molar-refractivity contribution is -0.391. The minimum absolute atomic E-state index is 0.331. The van der Waals surface area contributed by atoms with Gasteiger partial charge in [-0.1, -0.05) is 15.9 Å². The summed E-state index contributed by atoms with van der Waals surface area (Å²) in [6.45, 7) is 0. The summed E-state index contributed by atoms with van der Waals surface area (Å²) in [7, 11) is 0. The molecule has 4 nitrogen and oxygen atoms in total. The number of nitrogens with zero attached hydrogens (tertiary/aromatic N) is 2. The van der Waals surface area contributed by atoms with E-state index in [-0.39, 0.29) is 0 Å². The van der Waals surface area contributed by atoms with E-state index in [1.807, 2.05) is 0 Å². The molecule has 14 heavy (non-hydrogen) atoms. The van der Waals surface area contributed by atoms with Crippen LogP contribution in [0.4, 0.5) is 14.6 Å². The fraction of sp³-hybridized carbons (Fsp3) is 0.286. The molecule has 0 radical (unpaired) electrons. The Bertz CT molecular complexity index is 360. The molecule has 0 aliphatic carbocycles. The van der Waals surface area contributed by atoms with Crippen molar-refractivity contribution < 1.29 is 13.7 Å². The summed E-state index contributed by atoms with van der Waals surface area (Å²) < 4.78 is 24.7. The van der Waals surface area contributed by atoms with Gasteiger partial charge in [0.2, 0.25) is 0 Å². The van der Waals surface area contributed by atoms with Crippen LogP contribution in [-0.4, -0.2) is 9.91 Å². The van der Waals surface area contributed by atoms with Gasteiger partial charge in [-0.15, -0.1) is 0 Å². The van der Waals surface area contributed by atoms with Crippen LogP contribution in [-0.2, 0) is 5.33 Å². The maximum atomic E-state index is 12.3. The Morgan fingerprint density at radius 3 is 2.71 bits per heavy atom. The highest BCUT2D eigenvalue weighted by atomic mass is 79.9. The first-order chi connectivity index (χ1) is 6.56. The van der Waals surface area contributed by atoms with Crippen LogP contribution < -0.4 is 0 Å². The fourth-order valence-corrected chi connectivity index (χ4v) is 1.21. The Labute approximate surface area is 86.2 Å². The van der Waals surface area contributed by atoms with Crippen molar-refractivity contribution in [2.24, 2.45) is 0 Å². The van der Waals surface area contributed by atoms with E-state index in [0.29, 0.717) is 10.9 Å². The second kappa shape index (κ2) is 4.41. The zero-order valence-corrected chi connectivity index (χ0v) is 8.37. The van der Waals surface area contributed by atoms with Crippen LogP contribution in [0.1, 0.15) is 17.6 Å². The smallest absolute Gasteiger partial charge is 0.358 e. The highest BCUT2D eigenvalue weighted by Crippen LogP contribution is 2.27. The molecule has 0 saturated heterocycles. The molecule has 0 fully saturated rings. The first kappa shape index (κ1) is 11.0. The number of nitro groups is 1. The van der Waals surface area contributed by atoms with E-state index < -0.39 is 22.7 Å². The van der Waals surface area contributed by atoms with E-state index in [2.05, 4.69) is 20.9 Å². The van der Waals surface area contributed by atoms with Gasteiger partial charge in [0.15, 0.2) is 0 Å². The highest BCUT2D eigenvalue weighted by molar-refractivity contribution is 9.08. The molecule has 0 bridgehead atoms. The molecular formula is C7H5BrF2N2O2. The third-order valence-corrected chi connectivity index (χ3v) is 2.16. The van der Waals surface area contributed by atoms with Crippen molar-refractivity contribution in [1.29, 1.82) is 0 Å². The fourth-order valence-electron chi connectivity index (χ4n) is 0.906. The number of halogens is 3. The van der Waals surface area contributed by atoms with Gasteiger partial charge in [0, 0.05) is 10.9 Å². The van der Waals surface area contributed by atoms with Crippen LogP contribution in [0.2, 0.25) is 0 Å². The van der Waals surface area contributed by atoms with E-state index in [1.165, 1.54) is 6.20 Å². The number of hydrogen-bond acceptors (Lipinski definition) is 3. The average molecular weight is 267 g/mol. The van der Waals surface area contributed by atoms with Gasteiger partial charge < -0.3 is 10.1 Å². The standard InChI is InChI=1S/C7H5BrF2N2O2/c8-2-4-1-5(6(9)10)7(11-3-4)12(13)14/h1,3,6H,2H2. The van der Waals surface area contributed by atoms with E-state index in [1.54, 1.807) is 0 Å². The number of alkyl halides is 3. The van der Waals surface area contributed by atoms with Gasteiger partial charge in [-0.05, 0) is 16.0 Å². The Morgan fingerprint density at radius 2 is 2.29 bits per heavy atom. The Kier molecular flexibility index (Phi) is 3.45. The summed E-state index contributed by atoms with van der Waals surface area (Å²) in [6, 6.07) is 1.07. The molecule has 0 saturated carbocycles. The zero-order chi connectivity index (χ0) is 10.7. The van der Waals surface area contributed by atoms with Gasteiger partial charge in [0.05, 0.1) is 0 Å². The normalized spacial score (nSPS) is 10.6. The van der Waals surface area contributed by atoms with Crippen LogP contribution >= 0.6 is 15.9 Å². The van der Waals surface area contributed by atoms with E-state index >= 15 is 0 Å². The van der Waals surface area contributed by atoms with Gasteiger partial charge in [0.25, 0.3) is 6.43 Å². The molecule has 7 heteroatoms. The minimum Gasteiger partial charge on any atom is -0.358 e. The summed E-state index contributed by atoms with van der Waals surface area (Å²) in [5.74, 6) is -0.787. The summed E-state index contributed by atoms with van der Waals surface area (Å²) in [5.41, 5.74) is -0.169. The Hall–Kier alpha value is -1.11. The van der Waals surface area contributed by atoms with E-state index in [9.17, 15) is 18.9 Å². The maximum Gasteiger partial charge on any atom is 0.372 e. The predicted octanol–water partition coefficient (Wildman–Crippen LogP) is 2.82. The molecule has 0 N–H and O–H groups in total. The van der Waals surface area contributed by atoms with Crippen molar-refractivity contribution in [3.05, 3.63) is 33.5 Å². The molecule has 0 atom stereocenters. The Balaban J connectivity index is 3.24. The molecule has 76 valence electrons. The molecule has 0 aromatic carbocycles. The second-order valence-corrected chi connectivity index (χ2v) is 3.01. The number of rotatable bonds is 3. The summed E-state index contributed by atoms with van der Waals surface area (Å²) >= 11 is 3.05. The first-order valence-electron chi connectivity index (χ1n) is 3.53. The lowest BCUT2D eigenvalue weighted by atomic mass is 10.2. The third-order valence-electron chi connectivity index (χ3n) is 1.51. The largest absolute Gasteiger partial charge is 0.372 e. The lowest BCUT2D eigenvalue weighted by Crippen LogP contribution is -2.00. The third kappa shape index (κ3) is 2.22. The number of hydrogen-bond donors (Lipinski definition) is 0. The summed E-state index contributed by atoms with van der Waals surface area (Å²) in [5, 5.41) is 10.7. The predicted molar refractivity (Wildman–Crippen MR) is 48.5 cm³/mol. The van der Waals surface area contributed by atoms with Crippen molar-refractivity contribution in [3.8, 4) is 0 Å². The molecule has 1 aromatic rings. The number of pyridine rings is 1.